The molecule has 2 fully saturated rings. The number of H-pyrrole nitrogens is 1. The first-order valence-electron chi connectivity index (χ1n) is 16.8. The van der Waals surface area contributed by atoms with Crippen LogP contribution in [0, 0.1) is 36.5 Å². The van der Waals surface area contributed by atoms with Gasteiger partial charge in [0.2, 0.25) is 0 Å². The summed E-state index contributed by atoms with van der Waals surface area (Å²) in [7, 11) is -2.68. The maximum Gasteiger partial charge on any atom is 0.407 e. The zero-order chi connectivity index (χ0) is 32.6. The second-order valence-electron chi connectivity index (χ2n) is 13.5. The number of nitrogens with zero attached hydrogens (tertiary/aromatic N) is 1. The number of unbranched alkanes of at least 4 members (excludes halogenated alkanes) is 3. The molecule has 1 saturated heterocycles. The molecule has 0 spiro atoms. The van der Waals surface area contributed by atoms with Crippen LogP contribution in [-0.2, 0) is 18.3 Å². The molecule has 3 N–H and O–H groups in total. The lowest BCUT2D eigenvalue weighted by atomic mass is 10.1. The van der Waals surface area contributed by atoms with Gasteiger partial charge in [0, 0.05) is 44.2 Å². The second kappa shape index (κ2) is 16.4. The molecule has 4 rings (SSSR count). The number of nitrogens with one attached hydrogen (secondary N) is 2. The summed E-state index contributed by atoms with van der Waals surface area (Å²) >= 11 is 0. The highest BCUT2D eigenvalue weighted by Crippen LogP contribution is 2.52. The number of aromatic nitrogens is 2. The topological polar surface area (TPSA) is 141 Å². The van der Waals surface area contributed by atoms with Crippen molar-refractivity contribution < 1.29 is 28.2 Å². The Kier molecular flexibility index (Phi) is 12.9. The van der Waals surface area contributed by atoms with E-state index in [0.717, 1.165) is 51.4 Å². The first-order valence-corrected chi connectivity index (χ1v) is 18.8. The standard InChI is InChI=1S/C33H53N3O8Si/c1-22(2)45(23(3)4,43-21-29-28(37)18-30(44-29)36-19-24(5)31(38)35-32(36)39)42-17-13-9-8-12-16-34-33(40)41-20-27-25-14-10-6-7-11-15-26(25)27/h19,22-23,25-30,37H,8-18,20-21H2,1-5H3,(H,34,40)(H,35,38,39)/t25-,26+,27-,28-,29-,30-/m1/s1. The number of hydrogen-bond donors (Lipinski definition) is 3. The molecule has 0 unspecified atom stereocenters. The molecule has 1 saturated carbocycles. The summed E-state index contributed by atoms with van der Waals surface area (Å²) < 4.78 is 26.0. The third kappa shape index (κ3) is 9.32. The van der Waals surface area contributed by atoms with E-state index < -0.39 is 38.2 Å². The van der Waals surface area contributed by atoms with Crippen molar-refractivity contribution in [1.29, 1.82) is 0 Å². The minimum Gasteiger partial charge on any atom is -0.449 e. The van der Waals surface area contributed by atoms with Crippen molar-refractivity contribution in [3.63, 3.8) is 0 Å². The minimum atomic E-state index is -2.68. The highest BCUT2D eigenvalue weighted by atomic mass is 28.4. The largest absolute Gasteiger partial charge is 0.449 e. The number of carbonyl (C=O) groups is 1. The highest BCUT2D eigenvalue weighted by molar-refractivity contribution is 6.70. The van der Waals surface area contributed by atoms with Crippen LogP contribution in [0.5, 0.6) is 0 Å². The first-order chi connectivity index (χ1) is 21.5. The number of hydrogen-bond acceptors (Lipinski definition) is 8. The lowest BCUT2D eigenvalue weighted by molar-refractivity contribution is -0.0489. The number of alkyl carbamates (subject to hydrolysis) is 1. The van der Waals surface area contributed by atoms with E-state index in [1.54, 1.807) is 6.92 Å². The van der Waals surface area contributed by atoms with Crippen LogP contribution >= 0.6 is 0 Å². The van der Waals surface area contributed by atoms with Crippen molar-refractivity contribution in [2.24, 2.45) is 17.8 Å². The first kappa shape index (κ1) is 35.4. The number of rotatable bonds is 16. The van der Waals surface area contributed by atoms with Gasteiger partial charge in [-0.15, -0.1) is 11.8 Å². The molecule has 1 amide bonds. The van der Waals surface area contributed by atoms with Crippen LogP contribution in [-0.4, -0.2) is 67.9 Å². The Morgan fingerprint density at radius 3 is 2.40 bits per heavy atom. The van der Waals surface area contributed by atoms with E-state index in [2.05, 4.69) is 49.8 Å². The van der Waals surface area contributed by atoms with Gasteiger partial charge in [-0.2, -0.15) is 0 Å². The summed E-state index contributed by atoms with van der Waals surface area (Å²) in [6.45, 7) is 11.9. The van der Waals surface area contributed by atoms with Crippen LogP contribution in [0.3, 0.4) is 0 Å². The fraction of sp³-hybridized carbons (Fsp3) is 0.788. The van der Waals surface area contributed by atoms with Gasteiger partial charge >= 0.3 is 20.3 Å². The van der Waals surface area contributed by atoms with Crippen LogP contribution in [0.2, 0.25) is 11.1 Å². The van der Waals surface area contributed by atoms with Gasteiger partial charge in [-0.25, -0.2) is 9.59 Å². The molecule has 1 aromatic heterocycles. The van der Waals surface area contributed by atoms with E-state index in [1.807, 2.05) is 0 Å². The Hall–Kier alpha value is -2.43. The summed E-state index contributed by atoms with van der Waals surface area (Å²) in [6.07, 6.45) is 7.15. The van der Waals surface area contributed by atoms with Gasteiger partial charge in [0.05, 0.1) is 19.3 Å². The number of aryl methyl sites for hydroxylation is 1. The summed E-state index contributed by atoms with van der Waals surface area (Å²) in [4.78, 5) is 38.5. The van der Waals surface area contributed by atoms with Gasteiger partial charge in [0.15, 0.2) is 0 Å². The van der Waals surface area contributed by atoms with Crippen LogP contribution in [0.25, 0.3) is 0 Å². The summed E-state index contributed by atoms with van der Waals surface area (Å²) in [5, 5.41) is 13.6. The van der Waals surface area contributed by atoms with E-state index in [9.17, 15) is 19.5 Å². The van der Waals surface area contributed by atoms with Gasteiger partial charge in [0.25, 0.3) is 5.56 Å². The smallest absolute Gasteiger partial charge is 0.407 e. The molecule has 1 aliphatic heterocycles. The molecule has 252 valence electrons. The fourth-order valence-electron chi connectivity index (χ4n) is 6.93. The Labute approximate surface area is 268 Å². The average Bonchev–Trinajstić information content (AvgIpc) is 3.47. The van der Waals surface area contributed by atoms with Gasteiger partial charge < -0.3 is 28.7 Å². The number of amides is 1. The van der Waals surface area contributed by atoms with E-state index in [-0.39, 0.29) is 30.2 Å². The number of carbonyl (C=O) groups excluding carboxylic acids is 1. The summed E-state index contributed by atoms with van der Waals surface area (Å²) in [5.74, 6) is 8.28. The van der Waals surface area contributed by atoms with Crippen LogP contribution in [0.1, 0.15) is 97.3 Å². The molecule has 0 bridgehead atoms. The Bertz CT molecular complexity index is 1280. The molecule has 2 heterocycles. The molecule has 11 nitrogen and oxygen atoms in total. The summed E-state index contributed by atoms with van der Waals surface area (Å²) in [5.41, 5.74) is -0.254. The Morgan fingerprint density at radius 1 is 1.07 bits per heavy atom. The van der Waals surface area contributed by atoms with Crippen molar-refractivity contribution in [2.45, 2.75) is 122 Å². The van der Waals surface area contributed by atoms with Crippen molar-refractivity contribution in [2.75, 3.05) is 26.4 Å². The third-order valence-corrected chi connectivity index (χ3v) is 14.1. The Morgan fingerprint density at radius 2 is 1.73 bits per heavy atom. The predicted molar refractivity (Wildman–Crippen MR) is 173 cm³/mol. The van der Waals surface area contributed by atoms with Gasteiger partial charge in [0.1, 0.15) is 12.3 Å². The van der Waals surface area contributed by atoms with Crippen LogP contribution in [0.15, 0.2) is 15.8 Å². The van der Waals surface area contributed by atoms with E-state index >= 15 is 0 Å². The lowest BCUT2D eigenvalue weighted by Crippen LogP contribution is -2.50. The van der Waals surface area contributed by atoms with Gasteiger partial charge in [-0.3, -0.25) is 14.3 Å². The zero-order valence-corrected chi connectivity index (χ0v) is 28.6. The Balaban J connectivity index is 1.13. The number of aromatic amines is 1. The molecule has 0 radical (unpaired) electrons. The van der Waals surface area contributed by atoms with E-state index in [0.29, 0.717) is 43.1 Å². The molecular weight excluding hydrogens is 594 g/mol. The third-order valence-electron chi connectivity index (χ3n) is 9.66. The molecule has 0 aromatic carbocycles. The maximum absolute atomic E-state index is 12.3. The predicted octanol–water partition coefficient (Wildman–Crippen LogP) is 4.52. The lowest BCUT2D eigenvalue weighted by Gasteiger charge is -2.38. The molecule has 3 aliphatic rings. The van der Waals surface area contributed by atoms with Crippen molar-refractivity contribution >= 4 is 14.7 Å². The number of aliphatic hydroxyl groups excluding tert-OH is 1. The van der Waals surface area contributed by atoms with Gasteiger partial charge in [-0.1, -0.05) is 40.5 Å². The monoisotopic (exact) mass is 647 g/mol. The number of ether oxygens (including phenoxy) is 2. The normalized spacial score (nSPS) is 26.1. The maximum atomic E-state index is 12.3. The zero-order valence-electron chi connectivity index (χ0n) is 27.6. The van der Waals surface area contributed by atoms with E-state index in [4.69, 9.17) is 18.3 Å². The van der Waals surface area contributed by atoms with Crippen LogP contribution in [0.4, 0.5) is 4.79 Å². The fourth-order valence-corrected chi connectivity index (χ4v) is 10.6. The second-order valence-corrected chi connectivity index (χ2v) is 17.8. The molecule has 2 aliphatic carbocycles. The molecule has 1 aromatic rings. The minimum absolute atomic E-state index is 0.162. The molecule has 6 atom stereocenters. The van der Waals surface area contributed by atoms with Crippen molar-refractivity contribution in [1.82, 2.24) is 14.9 Å². The van der Waals surface area contributed by atoms with Crippen LogP contribution < -0.4 is 16.6 Å². The molecule has 12 heteroatoms. The molecular formula is C33H53N3O8Si. The summed E-state index contributed by atoms with van der Waals surface area (Å²) in [6, 6.07) is 0. The highest BCUT2D eigenvalue weighted by Gasteiger charge is 2.49. The number of aliphatic hydroxyl groups is 1. The number of fused-ring (bicyclic) bond motifs is 1. The SMILES string of the molecule is Cc1cn([C@H]2C[C@@H](O)[C@@H](CO[Si](OCCCCCCNC(=O)OC[C@@H]3[C@@H]4CCC#CCC[C@@H]43)(C(C)C)C(C)C)O2)c(=O)[nH]c1=O. The van der Waals surface area contributed by atoms with Gasteiger partial charge in [-0.05, 0) is 61.4 Å². The van der Waals surface area contributed by atoms with E-state index in [1.165, 1.54) is 10.8 Å². The van der Waals surface area contributed by atoms with Crippen molar-refractivity contribution in [3.05, 3.63) is 32.6 Å². The van der Waals surface area contributed by atoms with Crippen molar-refractivity contribution in [3.8, 4) is 11.8 Å². The molecule has 45 heavy (non-hydrogen) atoms. The quantitative estimate of drug-likeness (QED) is 0.135. The average molecular weight is 648 g/mol.